The molecule has 0 radical (unpaired) electrons. The number of piperidine rings is 1. The average molecular weight is 411 g/mol. The molecule has 1 saturated carbocycles. The zero-order chi connectivity index (χ0) is 20.7. The number of amides is 3. The number of hydrogen-bond donors (Lipinski definition) is 0. The van der Waals surface area contributed by atoms with Crippen LogP contribution in [-0.4, -0.2) is 77.4 Å². The zero-order valence-corrected chi connectivity index (χ0v) is 17.5. The molecule has 3 aliphatic heterocycles. The molecule has 1 aromatic rings. The van der Waals surface area contributed by atoms with E-state index < -0.39 is 5.54 Å². The average Bonchev–Trinajstić information content (AvgIpc) is 3.42. The van der Waals surface area contributed by atoms with Crippen LogP contribution in [0.2, 0.25) is 0 Å². The first-order valence-electron chi connectivity index (χ1n) is 11.3. The van der Waals surface area contributed by atoms with Crippen LogP contribution in [-0.2, 0) is 14.4 Å². The van der Waals surface area contributed by atoms with Crippen molar-refractivity contribution in [2.24, 2.45) is 5.92 Å². The van der Waals surface area contributed by atoms with Crippen LogP contribution in [0.1, 0.15) is 38.5 Å². The summed E-state index contributed by atoms with van der Waals surface area (Å²) >= 11 is 0. The van der Waals surface area contributed by atoms with Crippen LogP contribution in [0.3, 0.4) is 0 Å². The highest BCUT2D eigenvalue weighted by molar-refractivity contribution is 5.96. The van der Waals surface area contributed by atoms with Crippen molar-refractivity contribution in [2.45, 2.75) is 44.1 Å². The van der Waals surface area contributed by atoms with Gasteiger partial charge in [-0.15, -0.1) is 0 Å². The van der Waals surface area contributed by atoms with E-state index in [2.05, 4.69) is 4.90 Å². The van der Waals surface area contributed by atoms with Gasteiger partial charge in [0.2, 0.25) is 11.8 Å². The number of benzene rings is 1. The Kier molecular flexibility index (Phi) is 4.91. The van der Waals surface area contributed by atoms with E-state index in [1.807, 2.05) is 40.1 Å². The Bertz CT molecular complexity index is 824. The van der Waals surface area contributed by atoms with E-state index >= 15 is 0 Å². The van der Waals surface area contributed by atoms with Crippen molar-refractivity contribution >= 4 is 23.4 Å². The molecule has 4 fully saturated rings. The molecule has 7 nitrogen and oxygen atoms in total. The van der Waals surface area contributed by atoms with Crippen LogP contribution in [0.25, 0.3) is 0 Å². The van der Waals surface area contributed by atoms with Crippen LogP contribution in [0, 0.1) is 5.92 Å². The minimum absolute atomic E-state index is 0.0393. The molecule has 0 aromatic heterocycles. The van der Waals surface area contributed by atoms with Crippen molar-refractivity contribution in [2.75, 3.05) is 44.3 Å². The van der Waals surface area contributed by atoms with Gasteiger partial charge in [0, 0.05) is 37.8 Å². The second-order valence-corrected chi connectivity index (χ2v) is 9.13. The Balaban J connectivity index is 1.36. The van der Waals surface area contributed by atoms with Gasteiger partial charge in [-0.1, -0.05) is 18.2 Å². The van der Waals surface area contributed by atoms with Gasteiger partial charge in [-0.2, -0.15) is 0 Å². The Morgan fingerprint density at radius 3 is 2.23 bits per heavy atom. The molecule has 30 heavy (non-hydrogen) atoms. The fourth-order valence-corrected chi connectivity index (χ4v) is 5.24. The molecule has 1 aliphatic carbocycles. The molecule has 4 aliphatic rings. The smallest absolute Gasteiger partial charge is 0.250 e. The zero-order valence-electron chi connectivity index (χ0n) is 17.5. The predicted octanol–water partition coefficient (Wildman–Crippen LogP) is 1.69. The van der Waals surface area contributed by atoms with Crippen LogP contribution in [0.15, 0.2) is 30.3 Å². The van der Waals surface area contributed by atoms with Gasteiger partial charge in [0.15, 0.2) is 0 Å². The Hall–Kier alpha value is -2.57. The molecule has 3 amide bonds. The molecular weight excluding hydrogens is 380 g/mol. The molecular formula is C23H30N4O3. The van der Waals surface area contributed by atoms with Crippen molar-refractivity contribution in [1.29, 1.82) is 0 Å². The Morgan fingerprint density at radius 2 is 1.60 bits per heavy atom. The largest absolute Gasteiger partial charge is 0.342 e. The van der Waals surface area contributed by atoms with Crippen LogP contribution in [0.5, 0.6) is 0 Å². The molecule has 0 N–H and O–H groups in total. The van der Waals surface area contributed by atoms with Gasteiger partial charge in [0.05, 0.1) is 6.67 Å². The summed E-state index contributed by atoms with van der Waals surface area (Å²) in [6.07, 6.45) is 5.33. The number of rotatable bonds is 4. The van der Waals surface area contributed by atoms with Gasteiger partial charge in [0.1, 0.15) is 12.1 Å². The van der Waals surface area contributed by atoms with Crippen molar-refractivity contribution in [3.05, 3.63) is 30.3 Å². The monoisotopic (exact) mass is 410 g/mol. The molecule has 0 unspecified atom stereocenters. The molecule has 3 heterocycles. The molecule has 0 bridgehead atoms. The first-order chi connectivity index (χ1) is 14.6. The van der Waals surface area contributed by atoms with Gasteiger partial charge in [-0.05, 0) is 50.7 Å². The summed E-state index contributed by atoms with van der Waals surface area (Å²) in [4.78, 5) is 46.6. The van der Waals surface area contributed by atoms with Gasteiger partial charge in [-0.25, -0.2) is 0 Å². The van der Waals surface area contributed by atoms with Crippen LogP contribution in [0.4, 0.5) is 5.69 Å². The summed E-state index contributed by atoms with van der Waals surface area (Å²) < 4.78 is 0. The lowest BCUT2D eigenvalue weighted by atomic mass is 9.85. The number of likely N-dealkylation sites (tertiary alicyclic amines) is 2. The van der Waals surface area contributed by atoms with E-state index in [1.54, 1.807) is 4.90 Å². The summed E-state index contributed by atoms with van der Waals surface area (Å²) in [5.74, 6) is 0.547. The van der Waals surface area contributed by atoms with E-state index in [0.29, 0.717) is 32.6 Å². The lowest BCUT2D eigenvalue weighted by molar-refractivity contribution is -0.142. The second-order valence-electron chi connectivity index (χ2n) is 9.13. The highest BCUT2D eigenvalue weighted by atomic mass is 16.2. The normalized spacial score (nSPS) is 23.5. The third-order valence-corrected chi connectivity index (χ3v) is 7.20. The molecule has 7 heteroatoms. The fourth-order valence-electron chi connectivity index (χ4n) is 5.24. The summed E-state index contributed by atoms with van der Waals surface area (Å²) in [5, 5.41) is 0. The van der Waals surface area contributed by atoms with Crippen LogP contribution < -0.4 is 4.90 Å². The predicted molar refractivity (Wildman–Crippen MR) is 113 cm³/mol. The fraction of sp³-hybridized carbons (Fsp3) is 0.609. The van der Waals surface area contributed by atoms with Crippen LogP contribution >= 0.6 is 0 Å². The highest BCUT2D eigenvalue weighted by Gasteiger charge is 2.55. The summed E-state index contributed by atoms with van der Waals surface area (Å²) in [5.41, 5.74) is 0.344. The number of carbonyl (C=O) groups is 3. The third-order valence-electron chi connectivity index (χ3n) is 7.20. The van der Waals surface area contributed by atoms with E-state index in [4.69, 9.17) is 0 Å². The van der Waals surface area contributed by atoms with E-state index in [-0.39, 0.29) is 30.2 Å². The van der Waals surface area contributed by atoms with Crippen molar-refractivity contribution in [3.63, 3.8) is 0 Å². The third kappa shape index (κ3) is 3.34. The first-order valence-corrected chi connectivity index (χ1v) is 11.3. The number of anilines is 1. The first kappa shape index (κ1) is 19.4. The molecule has 3 saturated heterocycles. The molecule has 5 rings (SSSR count). The standard InChI is InChI=1S/C23H30N4O3/c28-20(24-12-4-5-13-24)16-26-17-27(19-6-2-1-3-7-19)23(22(26)30)10-14-25(15-11-23)21(29)18-8-9-18/h1-3,6-7,18H,4-5,8-17H2. The van der Waals surface area contributed by atoms with Gasteiger partial charge < -0.3 is 19.6 Å². The second kappa shape index (κ2) is 7.60. The maximum absolute atomic E-state index is 13.6. The molecule has 1 aromatic carbocycles. The van der Waals surface area contributed by atoms with Crippen molar-refractivity contribution in [3.8, 4) is 0 Å². The van der Waals surface area contributed by atoms with Gasteiger partial charge in [-0.3, -0.25) is 14.4 Å². The molecule has 0 atom stereocenters. The molecule has 1 spiro atoms. The van der Waals surface area contributed by atoms with Crippen molar-refractivity contribution in [1.82, 2.24) is 14.7 Å². The highest BCUT2D eigenvalue weighted by Crippen LogP contribution is 2.41. The number of carbonyl (C=O) groups excluding carboxylic acids is 3. The quantitative estimate of drug-likeness (QED) is 0.758. The SMILES string of the molecule is O=C(CN1CN(c2ccccc2)C2(CCN(C(=O)C3CC3)CC2)C1=O)N1CCCC1. The van der Waals surface area contributed by atoms with E-state index in [1.165, 1.54) is 0 Å². The van der Waals surface area contributed by atoms with E-state index in [9.17, 15) is 14.4 Å². The van der Waals surface area contributed by atoms with Crippen molar-refractivity contribution < 1.29 is 14.4 Å². The maximum atomic E-state index is 13.6. The Labute approximate surface area is 177 Å². The molecule has 160 valence electrons. The minimum atomic E-state index is -0.660. The minimum Gasteiger partial charge on any atom is -0.342 e. The van der Waals surface area contributed by atoms with Gasteiger partial charge in [0.25, 0.3) is 5.91 Å². The lowest BCUT2D eigenvalue weighted by Crippen LogP contribution is -2.57. The van der Waals surface area contributed by atoms with Gasteiger partial charge >= 0.3 is 0 Å². The summed E-state index contributed by atoms with van der Waals surface area (Å²) in [7, 11) is 0. The Morgan fingerprint density at radius 1 is 0.933 bits per heavy atom. The summed E-state index contributed by atoms with van der Waals surface area (Å²) in [6.45, 7) is 3.39. The number of nitrogens with zero attached hydrogens (tertiary/aromatic N) is 4. The summed E-state index contributed by atoms with van der Waals surface area (Å²) in [6, 6.07) is 10.00. The number of hydrogen-bond acceptors (Lipinski definition) is 4. The topological polar surface area (TPSA) is 64.2 Å². The van der Waals surface area contributed by atoms with E-state index in [0.717, 1.165) is 44.5 Å². The lowest BCUT2D eigenvalue weighted by Gasteiger charge is -2.43. The number of para-hydroxylation sites is 1. The maximum Gasteiger partial charge on any atom is 0.250 e.